The van der Waals surface area contributed by atoms with Gasteiger partial charge in [-0.1, -0.05) is 5.16 Å². The van der Waals surface area contributed by atoms with Gasteiger partial charge in [0.1, 0.15) is 0 Å². The molecule has 0 spiro atoms. The number of amides is 1. The average molecular weight is 277 g/mol. The van der Waals surface area contributed by atoms with Gasteiger partial charge in [-0.25, -0.2) is 0 Å². The molecular formula is C13H19N5O2. The van der Waals surface area contributed by atoms with E-state index in [9.17, 15) is 4.79 Å². The first-order valence-electron chi connectivity index (χ1n) is 6.52. The molecule has 7 nitrogen and oxygen atoms in total. The fourth-order valence-corrected chi connectivity index (χ4v) is 1.78. The number of nitrogens with one attached hydrogen (secondary N) is 2. The van der Waals surface area contributed by atoms with Crippen molar-refractivity contribution in [3.8, 4) is 0 Å². The van der Waals surface area contributed by atoms with Crippen molar-refractivity contribution in [2.45, 2.75) is 32.9 Å². The maximum absolute atomic E-state index is 11.8. The summed E-state index contributed by atoms with van der Waals surface area (Å²) in [6.45, 7) is 6.05. The van der Waals surface area contributed by atoms with Crippen molar-refractivity contribution in [2.24, 2.45) is 0 Å². The third kappa shape index (κ3) is 3.67. The molecule has 1 amide bonds. The molecule has 0 saturated carbocycles. The van der Waals surface area contributed by atoms with Crippen molar-refractivity contribution in [3.63, 3.8) is 0 Å². The Kier molecular flexibility index (Phi) is 4.52. The van der Waals surface area contributed by atoms with Gasteiger partial charge >= 0.3 is 0 Å². The van der Waals surface area contributed by atoms with Crippen LogP contribution in [0.15, 0.2) is 29.0 Å². The van der Waals surface area contributed by atoms with Crippen LogP contribution in [0.5, 0.6) is 0 Å². The molecular weight excluding hydrogens is 258 g/mol. The zero-order valence-electron chi connectivity index (χ0n) is 11.8. The van der Waals surface area contributed by atoms with Crippen molar-refractivity contribution in [3.05, 3.63) is 30.2 Å². The van der Waals surface area contributed by atoms with Crippen LogP contribution in [0.2, 0.25) is 0 Å². The monoisotopic (exact) mass is 277 g/mol. The Hall–Kier alpha value is -2.15. The topological polar surface area (TPSA) is 85.0 Å². The summed E-state index contributed by atoms with van der Waals surface area (Å²) >= 11 is 0. The molecule has 108 valence electrons. The summed E-state index contributed by atoms with van der Waals surface area (Å²) in [7, 11) is 0. The van der Waals surface area contributed by atoms with Crippen LogP contribution in [0.1, 0.15) is 25.6 Å². The Balaban J connectivity index is 1.78. The number of anilines is 1. The molecule has 0 bridgehead atoms. The molecule has 0 saturated heterocycles. The minimum Gasteiger partial charge on any atom is -0.338 e. The lowest BCUT2D eigenvalue weighted by Crippen LogP contribution is -2.39. The Morgan fingerprint density at radius 1 is 1.50 bits per heavy atom. The van der Waals surface area contributed by atoms with Gasteiger partial charge < -0.3 is 9.84 Å². The van der Waals surface area contributed by atoms with Crippen LogP contribution < -0.4 is 10.6 Å². The number of aromatic nitrogens is 3. The van der Waals surface area contributed by atoms with Gasteiger partial charge in [0.25, 0.3) is 0 Å². The van der Waals surface area contributed by atoms with Gasteiger partial charge in [-0.15, -0.1) is 0 Å². The predicted molar refractivity (Wildman–Crippen MR) is 74.3 cm³/mol. The molecule has 20 heavy (non-hydrogen) atoms. The molecule has 0 radical (unpaired) electrons. The smallest absolute Gasteiger partial charge is 0.240 e. The molecule has 2 atom stereocenters. The highest BCUT2D eigenvalue weighted by molar-refractivity contribution is 5.90. The van der Waals surface area contributed by atoms with Gasteiger partial charge in [0.15, 0.2) is 0 Å². The summed E-state index contributed by atoms with van der Waals surface area (Å²) in [5.74, 6) is 0.197. The molecule has 7 heteroatoms. The summed E-state index contributed by atoms with van der Waals surface area (Å²) < 4.78 is 6.78. The quantitative estimate of drug-likeness (QED) is 0.832. The lowest BCUT2D eigenvalue weighted by atomic mass is 10.2. The minimum atomic E-state index is -0.166. The molecule has 0 unspecified atom stereocenters. The summed E-state index contributed by atoms with van der Waals surface area (Å²) in [4.78, 5) is 11.8. The molecule has 2 aromatic heterocycles. The van der Waals surface area contributed by atoms with Crippen LogP contribution >= 0.6 is 0 Å². The minimum absolute atomic E-state index is 0.108. The highest BCUT2D eigenvalue weighted by Gasteiger charge is 2.15. The maximum atomic E-state index is 11.8. The lowest BCUT2D eigenvalue weighted by Gasteiger charge is -2.21. The fourth-order valence-electron chi connectivity index (χ4n) is 1.78. The largest absolute Gasteiger partial charge is 0.338 e. The maximum Gasteiger partial charge on any atom is 0.240 e. The first-order valence-corrected chi connectivity index (χ1v) is 6.52. The van der Waals surface area contributed by atoms with E-state index in [2.05, 4.69) is 20.9 Å². The van der Waals surface area contributed by atoms with E-state index in [-0.39, 0.29) is 24.5 Å². The van der Waals surface area contributed by atoms with Gasteiger partial charge in [0.05, 0.1) is 18.3 Å². The first-order chi connectivity index (χ1) is 9.56. The van der Waals surface area contributed by atoms with E-state index >= 15 is 0 Å². The van der Waals surface area contributed by atoms with E-state index in [0.29, 0.717) is 5.88 Å². The van der Waals surface area contributed by atoms with E-state index in [1.165, 1.54) is 0 Å². The van der Waals surface area contributed by atoms with Crippen molar-refractivity contribution in [1.82, 2.24) is 20.3 Å². The van der Waals surface area contributed by atoms with Crippen LogP contribution in [-0.2, 0) is 4.79 Å². The van der Waals surface area contributed by atoms with E-state index in [4.69, 9.17) is 4.52 Å². The molecule has 2 aromatic rings. The SMILES string of the molecule is Cc1cc(NC(=O)CN[C@H](C)[C@H](C)n2cccn2)on1. The van der Waals surface area contributed by atoms with Crippen molar-refractivity contribution < 1.29 is 9.32 Å². The molecule has 0 fully saturated rings. The number of nitrogens with zero attached hydrogens (tertiary/aromatic N) is 3. The van der Waals surface area contributed by atoms with Crippen LogP contribution in [0.4, 0.5) is 5.88 Å². The van der Waals surface area contributed by atoms with Crippen molar-refractivity contribution in [2.75, 3.05) is 11.9 Å². The van der Waals surface area contributed by atoms with Crippen LogP contribution in [-0.4, -0.2) is 33.4 Å². The lowest BCUT2D eigenvalue weighted by molar-refractivity contribution is -0.115. The van der Waals surface area contributed by atoms with Gasteiger partial charge in [-0.2, -0.15) is 5.10 Å². The van der Waals surface area contributed by atoms with Gasteiger partial charge in [0, 0.05) is 24.5 Å². The summed E-state index contributed by atoms with van der Waals surface area (Å²) in [5.41, 5.74) is 0.730. The van der Waals surface area contributed by atoms with Gasteiger partial charge in [0.2, 0.25) is 11.8 Å². The number of carbonyl (C=O) groups is 1. The number of hydrogen-bond donors (Lipinski definition) is 2. The van der Waals surface area contributed by atoms with Gasteiger partial charge in [-0.05, 0) is 26.8 Å². The Bertz CT molecular complexity index is 549. The fraction of sp³-hybridized carbons (Fsp3) is 0.462. The third-order valence-electron chi connectivity index (χ3n) is 3.14. The van der Waals surface area contributed by atoms with Crippen LogP contribution in [0.3, 0.4) is 0 Å². The standard InChI is InChI=1S/C13H19N5O2/c1-9-7-13(20-17-9)16-12(19)8-14-10(2)11(3)18-6-4-5-15-18/h4-7,10-11,14H,8H2,1-3H3,(H,16,19)/t10-,11+/m1/s1. The second-order valence-electron chi connectivity index (χ2n) is 4.78. The first kappa shape index (κ1) is 14.3. The number of aryl methyl sites for hydroxylation is 1. The number of hydrogen-bond acceptors (Lipinski definition) is 5. The third-order valence-corrected chi connectivity index (χ3v) is 3.14. The van der Waals surface area contributed by atoms with E-state index < -0.39 is 0 Å². The summed E-state index contributed by atoms with van der Waals surface area (Å²) in [5, 5.41) is 13.7. The molecule has 0 aromatic carbocycles. The summed E-state index contributed by atoms with van der Waals surface area (Å²) in [6.07, 6.45) is 3.64. The number of rotatable bonds is 6. The number of carbonyl (C=O) groups excluding carboxylic acids is 1. The van der Waals surface area contributed by atoms with E-state index in [1.807, 2.05) is 30.8 Å². The molecule has 2 N–H and O–H groups in total. The van der Waals surface area contributed by atoms with E-state index in [0.717, 1.165) is 5.69 Å². The average Bonchev–Trinajstić information content (AvgIpc) is 3.07. The molecule has 0 aliphatic carbocycles. The van der Waals surface area contributed by atoms with Gasteiger partial charge in [-0.3, -0.25) is 14.8 Å². The predicted octanol–water partition coefficient (Wildman–Crippen LogP) is 1.36. The van der Waals surface area contributed by atoms with Crippen LogP contribution in [0, 0.1) is 6.92 Å². The Labute approximate surface area is 117 Å². The Morgan fingerprint density at radius 3 is 2.90 bits per heavy atom. The van der Waals surface area contributed by atoms with Crippen molar-refractivity contribution in [1.29, 1.82) is 0 Å². The highest BCUT2D eigenvalue weighted by atomic mass is 16.5. The second-order valence-corrected chi connectivity index (χ2v) is 4.78. The second kappa shape index (κ2) is 6.33. The molecule has 0 aliphatic rings. The summed E-state index contributed by atoms with van der Waals surface area (Å²) in [6, 6.07) is 3.82. The normalized spacial score (nSPS) is 13.9. The molecule has 2 rings (SSSR count). The molecule has 2 heterocycles. The zero-order chi connectivity index (χ0) is 14.5. The van der Waals surface area contributed by atoms with Crippen molar-refractivity contribution >= 4 is 11.8 Å². The highest BCUT2D eigenvalue weighted by Crippen LogP contribution is 2.09. The van der Waals surface area contributed by atoms with E-state index in [1.54, 1.807) is 19.2 Å². The zero-order valence-corrected chi connectivity index (χ0v) is 11.8. The molecule has 0 aliphatic heterocycles. The Morgan fingerprint density at radius 2 is 2.30 bits per heavy atom. The van der Waals surface area contributed by atoms with Crippen LogP contribution in [0.25, 0.3) is 0 Å².